The van der Waals surface area contributed by atoms with E-state index in [1.807, 2.05) is 63.1 Å². The van der Waals surface area contributed by atoms with E-state index in [4.69, 9.17) is 9.47 Å². The molecule has 1 aromatic carbocycles. The first-order chi connectivity index (χ1) is 25.3. The summed E-state index contributed by atoms with van der Waals surface area (Å²) in [4.78, 5) is 61.7. The largest absolute Gasteiger partial charge is 0.379 e. The molecule has 1 saturated heterocycles. The van der Waals surface area contributed by atoms with Crippen LogP contribution in [0.5, 0.6) is 0 Å². The number of methoxy groups -OCH3 is 2. The molecule has 296 valence electrons. The Kier molecular flexibility index (Phi) is 18.3. The van der Waals surface area contributed by atoms with E-state index in [2.05, 4.69) is 41.6 Å². The van der Waals surface area contributed by atoms with Gasteiger partial charge in [-0.15, -0.1) is 11.3 Å². The number of aromatic nitrogens is 1. The number of rotatable bonds is 23. The average molecular weight is 755 g/mol. The molecule has 2 amide bonds. The van der Waals surface area contributed by atoms with Crippen molar-refractivity contribution in [2.24, 2.45) is 29.6 Å². The zero-order valence-corrected chi connectivity index (χ0v) is 34.6. The van der Waals surface area contributed by atoms with Crippen molar-refractivity contribution in [3.63, 3.8) is 0 Å². The number of likely N-dealkylation sites (N-methyl/N-ethyl adjacent to an activating group) is 1. The average Bonchev–Trinajstić information content (AvgIpc) is 3.85. The molecule has 0 bridgehead atoms. The van der Waals surface area contributed by atoms with E-state index in [-0.39, 0.29) is 72.0 Å². The zero-order chi connectivity index (χ0) is 39.2. The molecule has 11 heteroatoms. The highest BCUT2D eigenvalue weighted by molar-refractivity contribution is 7.09. The summed E-state index contributed by atoms with van der Waals surface area (Å²) in [6.07, 6.45) is 4.31. The third-order valence-electron chi connectivity index (χ3n) is 11.4. The molecule has 2 N–H and O–H groups in total. The number of hydrogen-bond acceptors (Lipinski definition) is 9. The van der Waals surface area contributed by atoms with Crippen molar-refractivity contribution in [3.8, 4) is 0 Å². The second-order valence-electron chi connectivity index (χ2n) is 15.6. The monoisotopic (exact) mass is 754 g/mol. The highest BCUT2D eigenvalue weighted by Gasteiger charge is 2.42. The number of amides is 2. The van der Waals surface area contributed by atoms with E-state index in [0.29, 0.717) is 19.4 Å². The molecule has 0 spiro atoms. The number of nitrogens with one attached hydrogen (secondary N) is 2. The Morgan fingerprint density at radius 1 is 0.943 bits per heavy atom. The zero-order valence-electron chi connectivity index (χ0n) is 33.8. The molecule has 9 atom stereocenters. The van der Waals surface area contributed by atoms with Crippen molar-refractivity contribution >= 4 is 34.7 Å². The van der Waals surface area contributed by atoms with Crippen LogP contribution in [0.1, 0.15) is 103 Å². The summed E-state index contributed by atoms with van der Waals surface area (Å²) in [5.41, 5.74) is 1.16. The Balaban J connectivity index is 1.75. The van der Waals surface area contributed by atoms with Crippen molar-refractivity contribution in [2.75, 3.05) is 27.8 Å². The number of hydrogen-bond donors (Lipinski definition) is 2. The lowest BCUT2D eigenvalue weighted by Crippen LogP contribution is -2.53. The molecular weight excluding hydrogens is 689 g/mol. The molecule has 0 saturated carbocycles. The molecule has 0 radical (unpaired) electrons. The predicted molar refractivity (Wildman–Crippen MR) is 212 cm³/mol. The normalized spacial score (nSPS) is 19.3. The van der Waals surface area contributed by atoms with Crippen LogP contribution in [0.2, 0.25) is 0 Å². The summed E-state index contributed by atoms with van der Waals surface area (Å²) in [7, 11) is 4.98. The number of ether oxygens (including phenoxy) is 2. The molecule has 3 rings (SSSR count). The predicted octanol–water partition coefficient (Wildman–Crippen LogP) is 6.48. The minimum atomic E-state index is -0.580. The van der Waals surface area contributed by atoms with Crippen molar-refractivity contribution < 1.29 is 28.7 Å². The van der Waals surface area contributed by atoms with Crippen molar-refractivity contribution in [2.45, 2.75) is 130 Å². The lowest BCUT2D eigenvalue weighted by atomic mass is 9.84. The van der Waals surface area contributed by atoms with Crippen LogP contribution in [0.25, 0.3) is 0 Å². The fourth-order valence-electron chi connectivity index (χ4n) is 7.95. The Bertz CT molecular complexity index is 1420. The maximum Gasteiger partial charge on any atom is 0.225 e. The number of likely N-dealkylation sites (tertiary alicyclic amines) is 1. The highest BCUT2D eigenvalue weighted by Crippen LogP contribution is 2.32. The van der Waals surface area contributed by atoms with Crippen molar-refractivity contribution in [1.29, 1.82) is 0 Å². The minimum Gasteiger partial charge on any atom is -0.379 e. The van der Waals surface area contributed by atoms with Crippen LogP contribution in [0.4, 0.5) is 0 Å². The van der Waals surface area contributed by atoms with Gasteiger partial charge in [-0.3, -0.25) is 19.2 Å². The van der Waals surface area contributed by atoms with Crippen LogP contribution >= 0.6 is 11.3 Å². The molecule has 1 unspecified atom stereocenters. The van der Waals surface area contributed by atoms with E-state index >= 15 is 0 Å². The van der Waals surface area contributed by atoms with E-state index in [9.17, 15) is 19.2 Å². The fourth-order valence-corrected chi connectivity index (χ4v) is 8.69. The second kappa shape index (κ2) is 21.8. The van der Waals surface area contributed by atoms with Gasteiger partial charge in [0.05, 0.1) is 41.8 Å². The summed E-state index contributed by atoms with van der Waals surface area (Å²) < 4.78 is 12.0. The van der Waals surface area contributed by atoms with Gasteiger partial charge in [-0.2, -0.15) is 0 Å². The van der Waals surface area contributed by atoms with Gasteiger partial charge in [-0.05, 0) is 49.6 Å². The fraction of sp³-hybridized carbons (Fsp3) is 0.690. The molecule has 1 aromatic heterocycles. The molecule has 53 heavy (non-hydrogen) atoms. The minimum absolute atomic E-state index is 0.0151. The first-order valence-electron chi connectivity index (χ1n) is 19.6. The first kappa shape index (κ1) is 44.4. The van der Waals surface area contributed by atoms with Crippen LogP contribution in [0, 0.1) is 29.6 Å². The highest BCUT2D eigenvalue weighted by atomic mass is 32.1. The lowest BCUT2D eigenvalue weighted by Gasteiger charge is -2.37. The lowest BCUT2D eigenvalue weighted by molar-refractivity contribution is -0.142. The number of benzene rings is 1. The summed E-state index contributed by atoms with van der Waals surface area (Å²) in [6.45, 7) is 14.5. The number of nitrogens with zero attached hydrogens (tertiary/aromatic N) is 2. The Hall–Kier alpha value is -2.99. The second-order valence-corrected chi connectivity index (χ2v) is 16.6. The molecule has 1 aliphatic heterocycles. The number of ketones is 2. The van der Waals surface area contributed by atoms with E-state index in [1.54, 1.807) is 38.8 Å². The Labute approximate surface area is 322 Å². The van der Waals surface area contributed by atoms with Crippen molar-refractivity contribution in [1.82, 2.24) is 20.5 Å². The van der Waals surface area contributed by atoms with Gasteiger partial charge in [0, 0.05) is 62.9 Å². The molecule has 1 aliphatic rings. The van der Waals surface area contributed by atoms with E-state index in [0.717, 1.165) is 29.8 Å². The molecular formula is C42H66N4O6S. The molecule has 2 aromatic rings. The summed E-state index contributed by atoms with van der Waals surface area (Å²) in [6, 6.07) is 9.15. The van der Waals surface area contributed by atoms with E-state index in [1.165, 1.54) is 0 Å². The molecule has 2 heterocycles. The maximum atomic E-state index is 14.2. The van der Waals surface area contributed by atoms with Gasteiger partial charge >= 0.3 is 0 Å². The van der Waals surface area contributed by atoms with Gasteiger partial charge in [-0.1, -0.05) is 85.2 Å². The number of thiazole rings is 1. The summed E-state index contributed by atoms with van der Waals surface area (Å²) in [5.74, 6) is -1.09. The molecule has 10 nitrogen and oxygen atoms in total. The van der Waals surface area contributed by atoms with Gasteiger partial charge in [-0.25, -0.2) is 4.98 Å². The van der Waals surface area contributed by atoms with Gasteiger partial charge in [0.2, 0.25) is 11.8 Å². The van der Waals surface area contributed by atoms with Gasteiger partial charge in [0.15, 0.2) is 5.78 Å². The van der Waals surface area contributed by atoms with Crippen LogP contribution in [-0.4, -0.2) is 91.4 Å². The first-order valence-corrected chi connectivity index (χ1v) is 20.5. The van der Waals surface area contributed by atoms with E-state index < -0.39 is 30.1 Å². The van der Waals surface area contributed by atoms with Gasteiger partial charge in [0.1, 0.15) is 5.78 Å². The summed E-state index contributed by atoms with van der Waals surface area (Å²) >= 11 is 1.57. The smallest absolute Gasteiger partial charge is 0.225 e. The summed E-state index contributed by atoms with van der Waals surface area (Å²) in [5, 5.41) is 9.23. The third-order valence-corrected chi connectivity index (χ3v) is 12.3. The number of Topliss-reactive ketones (excluding diaryl/α,β-unsaturated/α-hetero) is 2. The van der Waals surface area contributed by atoms with Crippen molar-refractivity contribution in [3.05, 3.63) is 52.5 Å². The molecule has 0 aliphatic carbocycles. The number of carbonyl (C=O) groups is 4. The quantitative estimate of drug-likeness (QED) is 0.132. The Morgan fingerprint density at radius 2 is 1.64 bits per heavy atom. The van der Waals surface area contributed by atoms with Crippen LogP contribution in [0.3, 0.4) is 0 Å². The van der Waals surface area contributed by atoms with Crippen LogP contribution in [0.15, 0.2) is 41.9 Å². The van der Waals surface area contributed by atoms with Gasteiger partial charge in [0.25, 0.3) is 0 Å². The maximum absolute atomic E-state index is 14.2. The topological polar surface area (TPSA) is 127 Å². The number of carbonyl (C=O) groups excluding carboxylic acids is 4. The van der Waals surface area contributed by atoms with Gasteiger partial charge < -0.3 is 25.0 Å². The van der Waals surface area contributed by atoms with Crippen LogP contribution in [-0.2, 0) is 35.1 Å². The Morgan fingerprint density at radius 3 is 2.19 bits per heavy atom. The molecule has 1 fully saturated rings. The standard InChI is InChI=1S/C42H66N4O6S/c1-11-28(6)39(45-41(50)32(26(2)3)24-35(48)38(43-8)27(4)5)36(51-9)25-37(49)46-20-15-18-33(46)40(52-10)29(7)34(47)23-31(42-44-19-21-53-42)22-30-16-13-12-14-17-30/h12-14,16-17,19,21,26-29,31-33,36,38-40,43H,11,15,18,20,22-25H2,1-10H3,(H,45,50)/t28-,29-,31+,32-,33-,36+,38-,39?,40+/m0/s1. The SMILES string of the molecule is CC[C@H](C)C(NC(=O)[C@@H](CC(=O)[C@@H](NC)C(C)C)C(C)C)[C@@H](CC(=O)N1CCC[C@H]1[C@H](OC)[C@@H](C)C(=O)C[C@@H](Cc1ccccc1)c1nccs1)OC. The van der Waals surface area contributed by atoms with Crippen LogP contribution < -0.4 is 10.6 Å². The third kappa shape index (κ3) is 12.3.